The van der Waals surface area contributed by atoms with Gasteiger partial charge in [-0.1, -0.05) is 48.7 Å². The molecule has 0 aliphatic rings. The highest BCUT2D eigenvalue weighted by Gasteiger charge is 2.10. The highest BCUT2D eigenvalue weighted by Crippen LogP contribution is 2.23. The van der Waals surface area contributed by atoms with Crippen molar-refractivity contribution in [3.05, 3.63) is 22.1 Å². The Labute approximate surface area is 139 Å². The lowest BCUT2D eigenvalue weighted by atomic mass is 10.1. The average molecular weight is 357 g/mol. The van der Waals surface area contributed by atoms with E-state index in [0.717, 1.165) is 4.34 Å². The van der Waals surface area contributed by atoms with Gasteiger partial charge < -0.3 is 4.98 Å². The zero-order valence-electron chi connectivity index (χ0n) is 12.2. The van der Waals surface area contributed by atoms with Crippen LogP contribution in [-0.4, -0.2) is 38.1 Å². The number of hydrogen-bond donors (Lipinski definition) is 2. The third kappa shape index (κ3) is 4.82. The van der Waals surface area contributed by atoms with Gasteiger partial charge >= 0.3 is 0 Å². The molecule has 2 aromatic heterocycles. The number of amides is 1. The van der Waals surface area contributed by atoms with Crippen molar-refractivity contribution in [3.8, 4) is 0 Å². The van der Waals surface area contributed by atoms with E-state index >= 15 is 0 Å². The van der Waals surface area contributed by atoms with Crippen LogP contribution < -0.4 is 10.9 Å². The number of thioether (sulfide) groups is 2. The molecule has 2 aromatic rings. The van der Waals surface area contributed by atoms with E-state index in [2.05, 4.69) is 25.5 Å². The number of anilines is 1. The molecule has 0 radical (unpaired) electrons. The third-order valence-electron chi connectivity index (χ3n) is 2.50. The first-order chi connectivity index (χ1) is 10.5. The number of nitrogens with zero attached hydrogens (tertiary/aromatic N) is 3. The van der Waals surface area contributed by atoms with Crippen molar-refractivity contribution in [2.75, 3.05) is 17.3 Å². The maximum absolute atomic E-state index is 11.9. The fraction of sp³-hybridized carbons (Fsp3) is 0.417. The molecule has 2 heterocycles. The van der Waals surface area contributed by atoms with Gasteiger partial charge in [0.25, 0.3) is 5.56 Å². The Morgan fingerprint density at radius 2 is 2.23 bits per heavy atom. The summed E-state index contributed by atoms with van der Waals surface area (Å²) < 4.78 is 0.790. The molecule has 0 aliphatic carbocycles. The Morgan fingerprint density at radius 1 is 1.45 bits per heavy atom. The van der Waals surface area contributed by atoms with E-state index in [4.69, 9.17) is 0 Å². The number of rotatable bonds is 6. The molecule has 118 valence electrons. The van der Waals surface area contributed by atoms with Gasteiger partial charge in [-0.25, -0.2) is 4.98 Å². The molecule has 0 unspecified atom stereocenters. The maximum Gasteiger partial charge on any atom is 0.251 e. The van der Waals surface area contributed by atoms with Gasteiger partial charge in [0.15, 0.2) is 9.50 Å². The summed E-state index contributed by atoms with van der Waals surface area (Å²) in [5, 5.41) is 11.3. The van der Waals surface area contributed by atoms with Gasteiger partial charge in [0, 0.05) is 6.07 Å². The van der Waals surface area contributed by atoms with Crippen LogP contribution in [-0.2, 0) is 4.79 Å². The summed E-state index contributed by atoms with van der Waals surface area (Å²) in [6.45, 7) is 3.92. The lowest BCUT2D eigenvalue weighted by Gasteiger charge is -2.06. The van der Waals surface area contributed by atoms with E-state index in [1.54, 1.807) is 0 Å². The predicted molar refractivity (Wildman–Crippen MR) is 90.0 cm³/mol. The first-order valence-corrected chi connectivity index (χ1v) is 9.42. The summed E-state index contributed by atoms with van der Waals surface area (Å²) in [6.07, 6.45) is 1.89. The van der Waals surface area contributed by atoms with E-state index in [1.165, 1.54) is 40.9 Å². The minimum Gasteiger partial charge on any atom is -0.301 e. The Hall–Kier alpha value is -1.39. The number of carbonyl (C=O) groups excluding carboxylic acids is 1. The number of H-pyrrole nitrogens is 1. The summed E-state index contributed by atoms with van der Waals surface area (Å²) in [5.74, 6) is 0.0758. The molecule has 0 saturated heterocycles. The monoisotopic (exact) mass is 357 g/mol. The van der Waals surface area contributed by atoms with Crippen molar-refractivity contribution in [1.82, 2.24) is 20.2 Å². The molecule has 2 rings (SSSR count). The standard InChI is InChI=1S/C12H15N5O2S3/c1-6(2)7-4-8(18)14-10(13-7)21-5-9(19)15-11-16-17-12(20-3)22-11/h4,6H,5H2,1-3H3,(H,13,14,18)(H,15,16,19). The second kappa shape index (κ2) is 7.75. The summed E-state index contributed by atoms with van der Waals surface area (Å²) >= 11 is 3.97. The minimum atomic E-state index is -0.216. The summed E-state index contributed by atoms with van der Waals surface area (Å²) in [4.78, 5) is 30.4. The molecular formula is C12H15N5O2S3. The van der Waals surface area contributed by atoms with Gasteiger partial charge in [-0.3, -0.25) is 14.9 Å². The molecule has 0 bridgehead atoms. The molecule has 7 nitrogen and oxygen atoms in total. The van der Waals surface area contributed by atoms with Crippen LogP contribution in [0.5, 0.6) is 0 Å². The normalized spacial score (nSPS) is 10.9. The molecule has 0 atom stereocenters. The van der Waals surface area contributed by atoms with E-state index in [1.807, 2.05) is 20.1 Å². The highest BCUT2D eigenvalue weighted by atomic mass is 32.2. The average Bonchev–Trinajstić information content (AvgIpc) is 2.92. The van der Waals surface area contributed by atoms with Crippen LogP contribution in [0.15, 0.2) is 20.4 Å². The molecule has 0 aromatic carbocycles. The van der Waals surface area contributed by atoms with Crippen LogP contribution in [0, 0.1) is 0 Å². The van der Waals surface area contributed by atoms with Gasteiger partial charge in [-0.15, -0.1) is 10.2 Å². The SMILES string of the molecule is CSc1nnc(NC(=O)CSc2nc(C(C)C)cc(=O)[nH]2)s1. The second-order valence-electron chi connectivity index (χ2n) is 4.54. The van der Waals surface area contributed by atoms with Crippen LogP contribution in [0.2, 0.25) is 0 Å². The smallest absolute Gasteiger partial charge is 0.251 e. The van der Waals surface area contributed by atoms with Crippen molar-refractivity contribution in [3.63, 3.8) is 0 Å². The zero-order valence-corrected chi connectivity index (χ0v) is 14.7. The number of aromatic nitrogens is 4. The fourth-order valence-corrected chi connectivity index (χ4v) is 3.32. The van der Waals surface area contributed by atoms with Gasteiger partial charge in [0.05, 0.1) is 11.4 Å². The molecule has 1 amide bonds. The van der Waals surface area contributed by atoms with Crippen LogP contribution in [0.4, 0.5) is 5.13 Å². The topological polar surface area (TPSA) is 101 Å². The molecule has 0 aliphatic heterocycles. The van der Waals surface area contributed by atoms with Gasteiger partial charge in [-0.2, -0.15) is 0 Å². The molecule has 2 N–H and O–H groups in total. The Morgan fingerprint density at radius 3 is 2.86 bits per heavy atom. The quantitative estimate of drug-likeness (QED) is 0.464. The summed E-state index contributed by atoms with van der Waals surface area (Å²) in [6, 6.07) is 1.47. The van der Waals surface area contributed by atoms with Crippen LogP contribution >= 0.6 is 34.9 Å². The molecule has 0 spiro atoms. The van der Waals surface area contributed by atoms with E-state index < -0.39 is 0 Å². The van der Waals surface area contributed by atoms with E-state index in [-0.39, 0.29) is 23.1 Å². The Kier molecular flexibility index (Phi) is 5.98. The first-order valence-electron chi connectivity index (χ1n) is 6.39. The van der Waals surface area contributed by atoms with E-state index in [9.17, 15) is 9.59 Å². The molecule has 0 saturated carbocycles. The fourth-order valence-electron chi connectivity index (χ4n) is 1.45. The van der Waals surface area contributed by atoms with Crippen LogP contribution in [0.25, 0.3) is 0 Å². The summed E-state index contributed by atoms with van der Waals surface area (Å²) in [5.41, 5.74) is 0.496. The summed E-state index contributed by atoms with van der Waals surface area (Å²) in [7, 11) is 0. The molecule has 10 heteroatoms. The number of nitrogens with one attached hydrogen (secondary N) is 2. The van der Waals surface area contributed by atoms with Crippen molar-refractivity contribution >= 4 is 45.9 Å². The largest absolute Gasteiger partial charge is 0.301 e. The van der Waals surface area contributed by atoms with Crippen molar-refractivity contribution < 1.29 is 4.79 Å². The molecule has 22 heavy (non-hydrogen) atoms. The predicted octanol–water partition coefficient (Wildman–Crippen LogP) is 2.20. The van der Waals surface area contributed by atoms with Crippen LogP contribution in [0.1, 0.15) is 25.5 Å². The van der Waals surface area contributed by atoms with Gasteiger partial charge in [0.1, 0.15) is 0 Å². The minimum absolute atomic E-state index is 0.138. The van der Waals surface area contributed by atoms with Crippen molar-refractivity contribution in [2.24, 2.45) is 0 Å². The molecule has 0 fully saturated rings. The lowest BCUT2D eigenvalue weighted by Crippen LogP contribution is -2.16. The maximum atomic E-state index is 11.9. The Balaban J connectivity index is 1.94. The van der Waals surface area contributed by atoms with Crippen LogP contribution in [0.3, 0.4) is 0 Å². The van der Waals surface area contributed by atoms with Crippen molar-refractivity contribution in [1.29, 1.82) is 0 Å². The van der Waals surface area contributed by atoms with Gasteiger partial charge in [0.2, 0.25) is 11.0 Å². The number of carbonyl (C=O) groups is 1. The number of hydrogen-bond acceptors (Lipinski definition) is 8. The number of aromatic amines is 1. The molecular weight excluding hydrogens is 342 g/mol. The lowest BCUT2D eigenvalue weighted by molar-refractivity contribution is -0.113. The highest BCUT2D eigenvalue weighted by molar-refractivity contribution is 8.00. The van der Waals surface area contributed by atoms with Gasteiger partial charge in [-0.05, 0) is 12.2 Å². The third-order valence-corrected chi connectivity index (χ3v) is 5.19. The zero-order chi connectivity index (χ0) is 16.1. The van der Waals surface area contributed by atoms with Crippen molar-refractivity contribution in [2.45, 2.75) is 29.3 Å². The second-order valence-corrected chi connectivity index (χ2v) is 7.54. The Bertz CT molecular complexity index is 713. The first kappa shape index (κ1) is 17.0. The van der Waals surface area contributed by atoms with E-state index in [0.29, 0.717) is 16.0 Å².